The van der Waals surface area contributed by atoms with Crippen molar-refractivity contribution in [1.29, 1.82) is 0 Å². The number of nitrogens with two attached hydrogens (primary N) is 1. The Hall–Kier alpha value is -1.43. The number of fused-ring (bicyclic) bond motifs is 2. The average molecular weight is 329 g/mol. The van der Waals surface area contributed by atoms with E-state index >= 15 is 0 Å². The number of carbonyl (C=O) groups excluding carboxylic acids is 1. The predicted molar refractivity (Wildman–Crippen MR) is 93.5 cm³/mol. The molecule has 4 unspecified atom stereocenters. The lowest BCUT2D eigenvalue weighted by molar-refractivity contribution is -0.121. The summed E-state index contributed by atoms with van der Waals surface area (Å²) in [5.74, 6) is 1.15. The quantitative estimate of drug-likeness (QED) is 0.884. The lowest BCUT2D eigenvalue weighted by Gasteiger charge is -2.27. The first-order valence-electron chi connectivity index (χ1n) is 9.16. The number of benzene rings is 1. The summed E-state index contributed by atoms with van der Waals surface area (Å²) in [7, 11) is 0. The Morgan fingerprint density at radius 3 is 2.54 bits per heavy atom. The summed E-state index contributed by atoms with van der Waals surface area (Å²) < 4.78 is 5.38. The number of anilines is 1. The first-order valence-corrected chi connectivity index (χ1v) is 9.16. The normalized spacial score (nSPS) is 32.9. The zero-order chi connectivity index (χ0) is 16.5. The van der Waals surface area contributed by atoms with Crippen LogP contribution in [0.5, 0.6) is 0 Å². The summed E-state index contributed by atoms with van der Waals surface area (Å²) in [6, 6.07) is 8.26. The van der Waals surface area contributed by atoms with Gasteiger partial charge < -0.3 is 15.8 Å². The summed E-state index contributed by atoms with van der Waals surface area (Å²) in [4.78, 5) is 15.0. The van der Waals surface area contributed by atoms with Crippen LogP contribution in [-0.4, -0.2) is 43.2 Å². The Bertz CT molecular complexity index is 581. The number of carbonyl (C=O) groups is 1. The molecule has 3 N–H and O–H groups in total. The molecule has 2 saturated carbocycles. The molecule has 24 heavy (non-hydrogen) atoms. The van der Waals surface area contributed by atoms with Gasteiger partial charge in [-0.3, -0.25) is 9.69 Å². The topological polar surface area (TPSA) is 67.6 Å². The van der Waals surface area contributed by atoms with E-state index in [2.05, 4.69) is 22.3 Å². The molecule has 1 aromatic carbocycles. The molecular formula is C19H27N3O2. The number of nitrogens with zero attached hydrogens (tertiary/aromatic N) is 1. The maximum Gasteiger partial charge on any atom is 0.229 e. The highest BCUT2D eigenvalue weighted by Crippen LogP contribution is 2.47. The Kier molecular flexibility index (Phi) is 4.57. The van der Waals surface area contributed by atoms with Gasteiger partial charge in [-0.05, 0) is 48.8 Å². The van der Waals surface area contributed by atoms with Crippen LogP contribution in [0.4, 0.5) is 5.69 Å². The summed E-state index contributed by atoms with van der Waals surface area (Å²) in [5.41, 5.74) is 8.42. The van der Waals surface area contributed by atoms with Crippen LogP contribution in [0.15, 0.2) is 24.3 Å². The molecule has 3 fully saturated rings. The van der Waals surface area contributed by atoms with E-state index in [1.165, 1.54) is 12.0 Å². The highest BCUT2D eigenvalue weighted by atomic mass is 16.5. The lowest BCUT2D eigenvalue weighted by Crippen LogP contribution is -2.42. The minimum atomic E-state index is -0.00298. The SMILES string of the molecule is NC1C2CCC(C2)C1C(=O)Nc1ccc(CN2CCOCC2)cc1. The second-order valence-corrected chi connectivity index (χ2v) is 7.51. The van der Waals surface area contributed by atoms with Crippen molar-refractivity contribution in [2.45, 2.75) is 31.8 Å². The summed E-state index contributed by atoms with van der Waals surface area (Å²) in [6.45, 7) is 4.55. The molecule has 4 atom stereocenters. The van der Waals surface area contributed by atoms with Gasteiger partial charge in [-0.2, -0.15) is 0 Å². The third-order valence-electron chi connectivity index (χ3n) is 6.01. The minimum Gasteiger partial charge on any atom is -0.379 e. The molecule has 5 heteroatoms. The molecule has 2 bridgehead atoms. The van der Waals surface area contributed by atoms with Crippen LogP contribution < -0.4 is 11.1 Å². The smallest absolute Gasteiger partial charge is 0.229 e. The molecule has 1 aromatic rings. The number of morpholine rings is 1. The van der Waals surface area contributed by atoms with Crippen molar-refractivity contribution < 1.29 is 9.53 Å². The van der Waals surface area contributed by atoms with Crippen molar-refractivity contribution in [3.8, 4) is 0 Å². The van der Waals surface area contributed by atoms with Crippen LogP contribution in [0.3, 0.4) is 0 Å². The van der Waals surface area contributed by atoms with Crippen molar-refractivity contribution >= 4 is 11.6 Å². The van der Waals surface area contributed by atoms with Crippen molar-refractivity contribution in [3.05, 3.63) is 29.8 Å². The van der Waals surface area contributed by atoms with Gasteiger partial charge in [0.2, 0.25) is 5.91 Å². The molecule has 1 aliphatic heterocycles. The zero-order valence-corrected chi connectivity index (χ0v) is 14.1. The monoisotopic (exact) mass is 329 g/mol. The fourth-order valence-corrected chi connectivity index (χ4v) is 4.66. The number of ether oxygens (including phenoxy) is 1. The van der Waals surface area contributed by atoms with E-state index in [-0.39, 0.29) is 17.9 Å². The third-order valence-corrected chi connectivity index (χ3v) is 6.01. The van der Waals surface area contributed by atoms with Gasteiger partial charge in [0.05, 0.1) is 19.1 Å². The van der Waals surface area contributed by atoms with Crippen LogP contribution in [0, 0.1) is 17.8 Å². The maximum absolute atomic E-state index is 12.6. The standard InChI is InChI=1S/C19H27N3O2/c20-18-15-4-3-14(11-15)17(18)19(23)21-16-5-1-13(2-6-16)12-22-7-9-24-10-8-22/h1-2,5-6,14-15,17-18H,3-4,7-12,20H2,(H,21,23). The predicted octanol–water partition coefficient (Wildman–Crippen LogP) is 1.83. The second-order valence-electron chi connectivity index (χ2n) is 7.51. The summed E-state index contributed by atoms with van der Waals surface area (Å²) in [5, 5.41) is 3.08. The van der Waals surface area contributed by atoms with E-state index in [0.29, 0.717) is 11.8 Å². The minimum absolute atomic E-state index is 0.00298. The first kappa shape index (κ1) is 16.1. The summed E-state index contributed by atoms with van der Waals surface area (Å²) in [6.07, 6.45) is 3.50. The molecule has 4 rings (SSSR count). The first-order chi connectivity index (χ1) is 11.7. The molecular weight excluding hydrogens is 302 g/mol. The number of nitrogens with one attached hydrogen (secondary N) is 1. The molecule has 5 nitrogen and oxygen atoms in total. The Morgan fingerprint density at radius 1 is 1.17 bits per heavy atom. The Morgan fingerprint density at radius 2 is 1.88 bits per heavy atom. The van der Waals surface area contributed by atoms with Crippen molar-refractivity contribution in [2.75, 3.05) is 31.6 Å². The van der Waals surface area contributed by atoms with E-state index in [4.69, 9.17) is 10.5 Å². The maximum atomic E-state index is 12.6. The largest absolute Gasteiger partial charge is 0.379 e. The Labute approximate surface area is 143 Å². The van der Waals surface area contributed by atoms with Gasteiger partial charge in [0.25, 0.3) is 0 Å². The molecule has 3 aliphatic rings. The Balaban J connectivity index is 1.34. The van der Waals surface area contributed by atoms with Gasteiger partial charge in [0.1, 0.15) is 0 Å². The lowest BCUT2D eigenvalue weighted by atomic mass is 9.84. The molecule has 0 radical (unpaired) electrons. The highest BCUT2D eigenvalue weighted by molar-refractivity contribution is 5.93. The molecule has 130 valence electrons. The summed E-state index contributed by atoms with van der Waals surface area (Å²) >= 11 is 0. The second kappa shape index (κ2) is 6.82. The number of hydrogen-bond acceptors (Lipinski definition) is 4. The van der Waals surface area contributed by atoms with Crippen molar-refractivity contribution in [3.63, 3.8) is 0 Å². The van der Waals surface area contributed by atoms with Gasteiger partial charge in [-0.1, -0.05) is 12.1 Å². The van der Waals surface area contributed by atoms with Crippen LogP contribution in [0.25, 0.3) is 0 Å². The van der Waals surface area contributed by atoms with Crippen LogP contribution in [0.2, 0.25) is 0 Å². The number of rotatable bonds is 4. The number of hydrogen-bond donors (Lipinski definition) is 2. The van der Waals surface area contributed by atoms with Crippen LogP contribution in [0.1, 0.15) is 24.8 Å². The molecule has 0 spiro atoms. The van der Waals surface area contributed by atoms with Gasteiger partial charge in [0.15, 0.2) is 0 Å². The molecule has 2 aliphatic carbocycles. The van der Waals surface area contributed by atoms with E-state index < -0.39 is 0 Å². The number of amides is 1. The molecule has 0 aromatic heterocycles. The van der Waals surface area contributed by atoms with Crippen molar-refractivity contribution in [1.82, 2.24) is 4.90 Å². The van der Waals surface area contributed by atoms with E-state index in [0.717, 1.165) is 51.4 Å². The van der Waals surface area contributed by atoms with Gasteiger partial charge in [-0.15, -0.1) is 0 Å². The van der Waals surface area contributed by atoms with Crippen LogP contribution in [-0.2, 0) is 16.1 Å². The van der Waals surface area contributed by atoms with Crippen molar-refractivity contribution in [2.24, 2.45) is 23.5 Å². The van der Waals surface area contributed by atoms with Gasteiger partial charge >= 0.3 is 0 Å². The molecule has 1 saturated heterocycles. The van der Waals surface area contributed by atoms with Gasteiger partial charge in [-0.25, -0.2) is 0 Å². The zero-order valence-electron chi connectivity index (χ0n) is 14.1. The van der Waals surface area contributed by atoms with Crippen LogP contribution >= 0.6 is 0 Å². The van der Waals surface area contributed by atoms with E-state index in [9.17, 15) is 4.79 Å². The fraction of sp³-hybridized carbons (Fsp3) is 0.632. The van der Waals surface area contributed by atoms with E-state index in [1.54, 1.807) is 0 Å². The fourth-order valence-electron chi connectivity index (χ4n) is 4.66. The highest BCUT2D eigenvalue weighted by Gasteiger charge is 2.49. The molecule has 1 heterocycles. The van der Waals surface area contributed by atoms with E-state index in [1.807, 2.05) is 12.1 Å². The molecule has 1 amide bonds. The average Bonchev–Trinajstić information content (AvgIpc) is 3.18. The van der Waals surface area contributed by atoms with Gasteiger partial charge in [0, 0.05) is 31.4 Å². The third kappa shape index (κ3) is 3.21.